The molecule has 0 heterocycles. The Balaban J connectivity index is 0. The summed E-state index contributed by atoms with van der Waals surface area (Å²) in [6.45, 7) is 0. The van der Waals surface area contributed by atoms with Gasteiger partial charge in [-0.25, -0.2) is 0 Å². The van der Waals surface area contributed by atoms with Crippen LogP contribution in [0.25, 0.3) is 0 Å². The summed E-state index contributed by atoms with van der Waals surface area (Å²) >= 11 is 0. The second kappa shape index (κ2) is 4.08. The Bertz CT molecular complexity index is 115. The second-order valence-corrected chi connectivity index (χ2v) is 2.61. The van der Waals surface area contributed by atoms with Gasteiger partial charge in [0.05, 0.1) is 13.4 Å². The van der Waals surface area contributed by atoms with Crippen LogP contribution < -0.4 is 0 Å². The largest absolute Gasteiger partial charge is 0.274 e. The van der Waals surface area contributed by atoms with Crippen molar-refractivity contribution in [2.24, 2.45) is 0 Å². The molecule has 0 rings (SSSR count). The summed E-state index contributed by atoms with van der Waals surface area (Å²) in [7, 11) is -2.04. The third kappa shape index (κ3) is 11.0. The maximum atomic E-state index is 9.78. The minimum atomic E-state index is -3.16. The molecule has 0 saturated heterocycles. The van der Waals surface area contributed by atoms with Crippen LogP contribution >= 0.6 is 0 Å². The molecule has 3 nitrogen and oxygen atoms in total. The number of hydrogen-bond acceptors (Lipinski definition) is 3. The average Bonchev–Trinajstić information content (AvgIpc) is 1.35. The van der Waals surface area contributed by atoms with Crippen LogP contribution in [0, 0.1) is 37.3 Å². The Kier molecular flexibility index (Phi) is 6.42. The smallest absolute Gasteiger partial charge is 0.264 e. The van der Waals surface area contributed by atoms with Crippen LogP contribution in [0.15, 0.2) is 0 Å². The van der Waals surface area contributed by atoms with E-state index in [0.717, 1.165) is 13.4 Å². The van der Waals surface area contributed by atoms with Crippen LogP contribution in [0.1, 0.15) is 0 Å². The zero-order chi connectivity index (χ0) is 5.21. The second-order valence-electron chi connectivity index (χ2n) is 0.871. The molecular weight excluding hydrogens is 271 g/mol. The standard InChI is InChI=1S/C2H6O3S.Er/c1-5-6(2,3)4;/h1-2H3;. The van der Waals surface area contributed by atoms with Crippen LogP contribution in [0.5, 0.6) is 0 Å². The van der Waals surface area contributed by atoms with E-state index in [1.807, 2.05) is 0 Å². The topological polar surface area (TPSA) is 43.4 Å². The quantitative estimate of drug-likeness (QED) is 0.612. The molecule has 0 radical (unpaired) electrons. The van der Waals surface area contributed by atoms with Gasteiger partial charge in [0.1, 0.15) is 0 Å². The summed E-state index contributed by atoms with van der Waals surface area (Å²) in [5.41, 5.74) is 0. The number of rotatable bonds is 1. The maximum absolute atomic E-state index is 9.78. The van der Waals surface area contributed by atoms with E-state index >= 15 is 0 Å². The predicted octanol–water partition coefficient (Wildman–Crippen LogP) is -0.408. The van der Waals surface area contributed by atoms with Crippen LogP contribution in [0.3, 0.4) is 0 Å². The van der Waals surface area contributed by atoms with Crippen LogP contribution in [-0.4, -0.2) is 21.8 Å². The molecule has 0 aromatic heterocycles. The van der Waals surface area contributed by atoms with Gasteiger partial charge in [0.25, 0.3) is 10.1 Å². The fraction of sp³-hybridized carbons (Fsp3) is 1.00. The molecule has 0 aliphatic carbocycles. The van der Waals surface area contributed by atoms with Gasteiger partial charge in [0, 0.05) is 37.3 Å². The Labute approximate surface area is 72.8 Å². The van der Waals surface area contributed by atoms with Crippen molar-refractivity contribution in [3.05, 3.63) is 0 Å². The van der Waals surface area contributed by atoms with E-state index in [0.29, 0.717) is 0 Å². The van der Waals surface area contributed by atoms with Crippen molar-refractivity contribution < 1.29 is 49.9 Å². The SMILES string of the molecule is COS(C)(=O)=O.[Er]. The van der Waals surface area contributed by atoms with Crippen molar-refractivity contribution in [3.63, 3.8) is 0 Å². The molecule has 0 saturated carbocycles. The molecule has 0 aliphatic rings. The Morgan fingerprint density at radius 2 is 1.57 bits per heavy atom. The van der Waals surface area contributed by atoms with Crippen LogP contribution in [-0.2, 0) is 14.3 Å². The number of hydrogen-bond donors (Lipinski definition) is 0. The summed E-state index contributed by atoms with van der Waals surface area (Å²) in [6.07, 6.45) is 0.993. The van der Waals surface area contributed by atoms with Crippen LogP contribution in [0.4, 0.5) is 0 Å². The van der Waals surface area contributed by atoms with Crippen molar-refractivity contribution in [1.29, 1.82) is 0 Å². The van der Waals surface area contributed by atoms with Crippen molar-refractivity contribution in [2.75, 3.05) is 13.4 Å². The molecule has 0 aromatic rings. The molecule has 50 valence electrons. The first-order valence-electron chi connectivity index (χ1n) is 1.32. The molecule has 0 aromatic carbocycles. The van der Waals surface area contributed by atoms with E-state index in [-0.39, 0.29) is 37.3 Å². The first kappa shape index (κ1) is 11.0. The molecule has 0 aliphatic heterocycles. The Hall–Kier alpha value is 1.16. The van der Waals surface area contributed by atoms with Gasteiger partial charge in [-0.3, -0.25) is 4.18 Å². The summed E-state index contributed by atoms with van der Waals surface area (Å²) in [5.74, 6) is 0. The van der Waals surface area contributed by atoms with Gasteiger partial charge in [0.15, 0.2) is 0 Å². The van der Waals surface area contributed by atoms with Crippen molar-refractivity contribution in [2.45, 2.75) is 0 Å². The molecule has 0 amide bonds. The van der Waals surface area contributed by atoms with Crippen molar-refractivity contribution >= 4 is 10.1 Å². The fourth-order valence-corrected chi connectivity index (χ4v) is 0. The summed E-state index contributed by atoms with van der Waals surface area (Å²) in [6, 6.07) is 0. The average molecular weight is 277 g/mol. The Morgan fingerprint density at radius 3 is 1.57 bits per heavy atom. The third-order valence-corrected chi connectivity index (χ3v) is 0.908. The normalized spacial score (nSPS) is 10.0. The summed E-state index contributed by atoms with van der Waals surface area (Å²) < 4.78 is 23.5. The van der Waals surface area contributed by atoms with E-state index in [1.165, 1.54) is 0 Å². The molecule has 0 bridgehead atoms. The van der Waals surface area contributed by atoms with E-state index in [9.17, 15) is 8.42 Å². The monoisotopic (exact) mass is 276 g/mol. The molecule has 0 fully saturated rings. The van der Waals surface area contributed by atoms with Crippen molar-refractivity contribution in [3.8, 4) is 0 Å². The molecule has 0 spiro atoms. The molecule has 0 N–H and O–H groups in total. The van der Waals surface area contributed by atoms with E-state index in [4.69, 9.17) is 0 Å². The van der Waals surface area contributed by atoms with E-state index in [2.05, 4.69) is 4.18 Å². The van der Waals surface area contributed by atoms with Gasteiger partial charge in [-0.15, -0.1) is 0 Å². The summed E-state index contributed by atoms with van der Waals surface area (Å²) in [5, 5.41) is 0. The minimum absolute atomic E-state index is 0. The molecule has 0 unspecified atom stereocenters. The Morgan fingerprint density at radius 1 is 1.43 bits per heavy atom. The van der Waals surface area contributed by atoms with Gasteiger partial charge in [0.2, 0.25) is 0 Å². The minimum Gasteiger partial charge on any atom is -0.274 e. The maximum Gasteiger partial charge on any atom is 0.264 e. The molecule has 5 heteroatoms. The summed E-state index contributed by atoms with van der Waals surface area (Å²) in [4.78, 5) is 0. The molecule has 0 atom stereocenters. The first-order valence-corrected chi connectivity index (χ1v) is 3.13. The van der Waals surface area contributed by atoms with Gasteiger partial charge < -0.3 is 0 Å². The predicted molar refractivity (Wildman–Crippen MR) is 21.9 cm³/mol. The van der Waals surface area contributed by atoms with Crippen molar-refractivity contribution in [1.82, 2.24) is 0 Å². The zero-order valence-electron chi connectivity index (χ0n) is 3.92. The zero-order valence-corrected chi connectivity index (χ0v) is 6.59. The fourth-order valence-electron chi connectivity index (χ4n) is 0. The van der Waals surface area contributed by atoms with Gasteiger partial charge >= 0.3 is 0 Å². The molecule has 7 heavy (non-hydrogen) atoms. The van der Waals surface area contributed by atoms with Gasteiger partial charge in [-0.2, -0.15) is 8.42 Å². The van der Waals surface area contributed by atoms with E-state index in [1.54, 1.807) is 0 Å². The van der Waals surface area contributed by atoms with Gasteiger partial charge in [-0.05, 0) is 0 Å². The third-order valence-electron chi connectivity index (χ3n) is 0.303. The van der Waals surface area contributed by atoms with Gasteiger partial charge in [-0.1, -0.05) is 0 Å². The first-order chi connectivity index (χ1) is 2.56. The molecular formula is C2H6ErO3S. The van der Waals surface area contributed by atoms with E-state index < -0.39 is 10.1 Å². The van der Waals surface area contributed by atoms with Crippen LogP contribution in [0.2, 0.25) is 0 Å².